The molecule has 0 saturated carbocycles. The molecule has 0 aromatic heterocycles. The molecule has 1 atom stereocenters. The van der Waals surface area contributed by atoms with Crippen LogP contribution in [0.25, 0.3) is 0 Å². The van der Waals surface area contributed by atoms with Gasteiger partial charge in [0.15, 0.2) is 0 Å². The van der Waals surface area contributed by atoms with Gasteiger partial charge in [-0.3, -0.25) is 0 Å². The summed E-state index contributed by atoms with van der Waals surface area (Å²) in [5.74, 6) is 0. The fraction of sp³-hybridized carbons (Fsp3) is 0.455. The van der Waals surface area contributed by atoms with E-state index in [-0.39, 0.29) is 6.04 Å². The fourth-order valence-corrected chi connectivity index (χ4v) is 2.59. The van der Waals surface area contributed by atoms with E-state index in [9.17, 15) is 0 Å². The smallest absolute Gasteiger partial charge is 0.0297 e. The van der Waals surface area contributed by atoms with Crippen LogP contribution in [-0.2, 0) is 6.42 Å². The van der Waals surface area contributed by atoms with Crippen molar-refractivity contribution in [1.82, 2.24) is 0 Å². The van der Waals surface area contributed by atoms with Crippen LogP contribution >= 0.6 is 15.9 Å². The second kappa shape index (κ2) is 3.81. The number of halogens is 1. The third kappa shape index (κ3) is 1.79. The molecule has 1 aromatic carbocycles. The van der Waals surface area contributed by atoms with Gasteiger partial charge in [-0.05, 0) is 36.5 Å². The third-order valence-corrected chi connectivity index (χ3v) is 3.49. The molecule has 1 aliphatic carbocycles. The van der Waals surface area contributed by atoms with Gasteiger partial charge in [0.2, 0.25) is 0 Å². The lowest BCUT2D eigenvalue weighted by Crippen LogP contribution is -2.10. The van der Waals surface area contributed by atoms with E-state index in [2.05, 4.69) is 34.1 Å². The molecular weight excluding hydrogens is 226 g/mol. The zero-order chi connectivity index (χ0) is 9.26. The summed E-state index contributed by atoms with van der Waals surface area (Å²) in [6, 6.07) is 6.59. The number of hydrogen-bond acceptors (Lipinski definition) is 1. The Hall–Kier alpha value is -0.340. The van der Waals surface area contributed by atoms with Crippen LogP contribution in [0.15, 0.2) is 22.7 Å². The first-order chi connectivity index (χ1) is 6.29. The minimum absolute atomic E-state index is 0.245. The number of hydrogen-bond donors (Lipinski definition) is 1. The van der Waals surface area contributed by atoms with E-state index in [1.165, 1.54) is 34.9 Å². The Labute approximate surface area is 87.5 Å². The maximum absolute atomic E-state index is 6.09. The maximum atomic E-state index is 6.09. The van der Waals surface area contributed by atoms with Gasteiger partial charge >= 0.3 is 0 Å². The number of nitrogens with two attached hydrogens (primary N) is 1. The van der Waals surface area contributed by atoms with E-state index in [1.807, 2.05) is 0 Å². The Morgan fingerprint density at radius 3 is 3.00 bits per heavy atom. The summed E-state index contributed by atoms with van der Waals surface area (Å²) in [4.78, 5) is 0. The van der Waals surface area contributed by atoms with Crippen molar-refractivity contribution in [1.29, 1.82) is 0 Å². The summed E-state index contributed by atoms with van der Waals surface area (Å²) in [6.45, 7) is 0. The minimum Gasteiger partial charge on any atom is -0.324 e. The number of rotatable bonds is 0. The van der Waals surface area contributed by atoms with Crippen molar-refractivity contribution in [3.05, 3.63) is 33.8 Å². The summed E-state index contributed by atoms with van der Waals surface area (Å²) < 4.78 is 1.22. The number of fused-ring (bicyclic) bond motifs is 1. The molecule has 1 aliphatic rings. The van der Waals surface area contributed by atoms with Gasteiger partial charge in [-0.2, -0.15) is 0 Å². The minimum atomic E-state index is 0.245. The van der Waals surface area contributed by atoms with Crippen molar-refractivity contribution < 1.29 is 0 Å². The van der Waals surface area contributed by atoms with Gasteiger partial charge in [0.05, 0.1) is 0 Å². The zero-order valence-electron chi connectivity index (χ0n) is 7.59. The first-order valence-electron chi connectivity index (χ1n) is 4.82. The highest BCUT2D eigenvalue weighted by atomic mass is 79.9. The van der Waals surface area contributed by atoms with Crippen molar-refractivity contribution in [2.75, 3.05) is 0 Å². The average Bonchev–Trinajstić information content (AvgIpc) is 2.30. The molecule has 13 heavy (non-hydrogen) atoms. The van der Waals surface area contributed by atoms with Crippen molar-refractivity contribution in [2.45, 2.75) is 31.7 Å². The van der Waals surface area contributed by atoms with Crippen LogP contribution in [0, 0.1) is 0 Å². The van der Waals surface area contributed by atoms with Crippen LogP contribution < -0.4 is 5.73 Å². The Morgan fingerprint density at radius 2 is 2.15 bits per heavy atom. The average molecular weight is 240 g/mol. The molecule has 0 heterocycles. The molecule has 0 amide bonds. The monoisotopic (exact) mass is 239 g/mol. The highest BCUT2D eigenvalue weighted by molar-refractivity contribution is 9.10. The first-order valence-corrected chi connectivity index (χ1v) is 5.61. The highest BCUT2D eigenvalue weighted by Crippen LogP contribution is 2.31. The molecule has 0 aliphatic heterocycles. The van der Waals surface area contributed by atoms with Gasteiger partial charge in [-0.25, -0.2) is 0 Å². The molecule has 2 N–H and O–H groups in total. The molecule has 0 bridgehead atoms. The predicted molar refractivity (Wildman–Crippen MR) is 58.6 cm³/mol. The molecule has 1 aromatic rings. The first kappa shape index (κ1) is 9.22. The lowest BCUT2D eigenvalue weighted by Gasteiger charge is -2.13. The van der Waals surface area contributed by atoms with E-state index in [0.717, 1.165) is 6.42 Å². The second-order valence-electron chi connectivity index (χ2n) is 3.66. The van der Waals surface area contributed by atoms with Gasteiger partial charge in [-0.15, -0.1) is 0 Å². The van der Waals surface area contributed by atoms with E-state index < -0.39 is 0 Å². The molecule has 0 radical (unpaired) electrons. The largest absolute Gasteiger partial charge is 0.324 e. The van der Waals surface area contributed by atoms with E-state index in [4.69, 9.17) is 5.73 Å². The second-order valence-corrected chi connectivity index (χ2v) is 4.51. The Balaban J connectivity index is 2.47. The molecule has 70 valence electrons. The van der Waals surface area contributed by atoms with Crippen molar-refractivity contribution in [2.24, 2.45) is 5.73 Å². The van der Waals surface area contributed by atoms with Crippen LogP contribution in [0.1, 0.15) is 36.4 Å². The van der Waals surface area contributed by atoms with Gasteiger partial charge < -0.3 is 5.73 Å². The van der Waals surface area contributed by atoms with Gasteiger partial charge in [0.25, 0.3) is 0 Å². The van der Waals surface area contributed by atoms with Gasteiger partial charge in [-0.1, -0.05) is 34.5 Å². The summed E-state index contributed by atoms with van der Waals surface area (Å²) in [5, 5.41) is 0. The van der Waals surface area contributed by atoms with Gasteiger partial charge in [0, 0.05) is 10.5 Å². The lowest BCUT2D eigenvalue weighted by molar-refractivity contribution is 0.615. The van der Waals surface area contributed by atoms with Crippen LogP contribution in [0.4, 0.5) is 0 Å². The molecule has 2 heteroatoms. The van der Waals surface area contributed by atoms with Crippen LogP contribution in [-0.4, -0.2) is 0 Å². The topological polar surface area (TPSA) is 26.0 Å². The fourth-order valence-electron chi connectivity index (χ4n) is 2.01. The lowest BCUT2D eigenvalue weighted by atomic mass is 10.00. The molecule has 0 unspecified atom stereocenters. The van der Waals surface area contributed by atoms with Crippen molar-refractivity contribution >= 4 is 15.9 Å². The Morgan fingerprint density at radius 1 is 1.31 bits per heavy atom. The molecule has 1 nitrogen and oxygen atoms in total. The maximum Gasteiger partial charge on any atom is 0.0297 e. The summed E-state index contributed by atoms with van der Waals surface area (Å²) in [5.41, 5.74) is 8.86. The third-order valence-electron chi connectivity index (χ3n) is 2.75. The molecular formula is C11H14BrN. The quantitative estimate of drug-likeness (QED) is 0.692. The van der Waals surface area contributed by atoms with Crippen LogP contribution in [0.5, 0.6) is 0 Å². The predicted octanol–water partition coefficient (Wildman–Crippen LogP) is 3.18. The molecule has 0 fully saturated rings. The van der Waals surface area contributed by atoms with Crippen molar-refractivity contribution in [3.63, 3.8) is 0 Å². The van der Waals surface area contributed by atoms with E-state index in [1.54, 1.807) is 0 Å². The Kier molecular flexibility index (Phi) is 2.70. The van der Waals surface area contributed by atoms with E-state index in [0.29, 0.717) is 0 Å². The summed E-state index contributed by atoms with van der Waals surface area (Å²) in [6.07, 6.45) is 4.82. The standard InChI is InChI=1S/C11H14BrN/c12-10-6-3-5-9-8(10)4-1-2-7-11(9)13/h3,5-6,11H,1-2,4,7,13H2/t11-/m1/s1. The molecule has 0 saturated heterocycles. The van der Waals surface area contributed by atoms with Crippen LogP contribution in [0.2, 0.25) is 0 Å². The molecule has 0 spiro atoms. The molecule has 2 rings (SSSR count). The Bertz CT molecular complexity index is 309. The summed E-state index contributed by atoms with van der Waals surface area (Å²) in [7, 11) is 0. The van der Waals surface area contributed by atoms with E-state index >= 15 is 0 Å². The highest BCUT2D eigenvalue weighted by Gasteiger charge is 2.16. The van der Waals surface area contributed by atoms with Crippen LogP contribution in [0.3, 0.4) is 0 Å². The van der Waals surface area contributed by atoms with Crippen molar-refractivity contribution in [3.8, 4) is 0 Å². The SMILES string of the molecule is N[C@@H]1CCCCc2c(Br)cccc21. The zero-order valence-corrected chi connectivity index (χ0v) is 9.18. The van der Waals surface area contributed by atoms with Gasteiger partial charge in [0.1, 0.15) is 0 Å². The number of benzene rings is 1. The summed E-state index contributed by atoms with van der Waals surface area (Å²) >= 11 is 3.59. The normalized spacial score (nSPS) is 22.2.